The highest BCUT2D eigenvalue weighted by Gasteiger charge is 2.19. The minimum atomic E-state index is -0.0718. The average molecular weight is 353 g/mol. The first-order valence-electron chi connectivity index (χ1n) is 7.83. The Morgan fingerprint density at radius 3 is 2.36 bits per heavy atom. The van der Waals surface area contributed by atoms with E-state index in [9.17, 15) is 4.79 Å². The largest absolute Gasteiger partial charge is 0.497 e. The lowest BCUT2D eigenvalue weighted by atomic mass is 10.1. The lowest BCUT2D eigenvalue weighted by Gasteiger charge is -2.23. The Morgan fingerprint density at radius 1 is 0.960 bits per heavy atom. The zero-order chi connectivity index (χ0) is 17.6. The third kappa shape index (κ3) is 4.00. The number of anilines is 1. The fraction of sp³-hybridized carbons (Fsp3) is 0.150. The molecule has 0 bridgehead atoms. The lowest BCUT2D eigenvalue weighted by molar-refractivity contribution is 0.0985. The Balaban J connectivity index is 1.95. The van der Waals surface area contributed by atoms with E-state index >= 15 is 0 Å². The molecule has 0 saturated carbocycles. The van der Waals surface area contributed by atoms with E-state index in [1.807, 2.05) is 53.9 Å². The number of ether oxygens (including phenoxy) is 2. The van der Waals surface area contributed by atoms with Crippen LogP contribution >= 0.6 is 11.3 Å². The quantitative estimate of drug-likeness (QED) is 0.649. The second kappa shape index (κ2) is 7.85. The van der Waals surface area contributed by atoms with E-state index < -0.39 is 0 Å². The van der Waals surface area contributed by atoms with Crippen LogP contribution in [-0.4, -0.2) is 20.1 Å². The molecular formula is C20H19NO3S. The van der Waals surface area contributed by atoms with Gasteiger partial charge in [0.25, 0.3) is 5.91 Å². The van der Waals surface area contributed by atoms with Crippen molar-refractivity contribution in [2.24, 2.45) is 0 Å². The summed E-state index contributed by atoms with van der Waals surface area (Å²) in [6, 6.07) is 18.7. The summed E-state index contributed by atoms with van der Waals surface area (Å²) in [6.45, 7) is 0.514. The maximum Gasteiger partial charge on any atom is 0.258 e. The van der Waals surface area contributed by atoms with Crippen molar-refractivity contribution in [1.29, 1.82) is 0 Å². The van der Waals surface area contributed by atoms with E-state index in [4.69, 9.17) is 9.47 Å². The summed E-state index contributed by atoms with van der Waals surface area (Å²) in [5, 5.41) is 2.01. The summed E-state index contributed by atoms with van der Waals surface area (Å²) < 4.78 is 10.5. The fourth-order valence-corrected chi connectivity index (χ4v) is 3.21. The molecule has 5 heteroatoms. The molecule has 4 nitrogen and oxygen atoms in total. The maximum absolute atomic E-state index is 13.1. The highest BCUT2D eigenvalue weighted by atomic mass is 32.1. The van der Waals surface area contributed by atoms with Crippen molar-refractivity contribution in [3.05, 3.63) is 76.5 Å². The van der Waals surface area contributed by atoms with E-state index in [1.165, 1.54) is 0 Å². The highest BCUT2D eigenvalue weighted by molar-refractivity contribution is 7.09. The second-order valence-corrected chi connectivity index (χ2v) is 6.43. The van der Waals surface area contributed by atoms with Gasteiger partial charge in [-0.3, -0.25) is 4.79 Å². The van der Waals surface area contributed by atoms with Gasteiger partial charge >= 0.3 is 0 Å². The molecule has 2 aromatic carbocycles. The van der Waals surface area contributed by atoms with Gasteiger partial charge in [-0.25, -0.2) is 0 Å². The van der Waals surface area contributed by atoms with Gasteiger partial charge in [0.1, 0.15) is 11.5 Å². The van der Waals surface area contributed by atoms with Crippen molar-refractivity contribution in [1.82, 2.24) is 0 Å². The minimum Gasteiger partial charge on any atom is -0.497 e. The van der Waals surface area contributed by atoms with Gasteiger partial charge in [0, 0.05) is 16.1 Å². The first kappa shape index (κ1) is 17.0. The number of thiophene rings is 1. The fourth-order valence-electron chi connectivity index (χ4n) is 2.51. The van der Waals surface area contributed by atoms with Gasteiger partial charge < -0.3 is 14.4 Å². The van der Waals surface area contributed by atoms with Gasteiger partial charge in [-0.15, -0.1) is 11.3 Å². The number of nitrogens with zero attached hydrogens (tertiary/aromatic N) is 1. The smallest absolute Gasteiger partial charge is 0.258 e. The molecule has 0 atom stereocenters. The summed E-state index contributed by atoms with van der Waals surface area (Å²) in [7, 11) is 3.22. The highest BCUT2D eigenvalue weighted by Crippen LogP contribution is 2.25. The number of methoxy groups -OCH3 is 2. The molecule has 1 heterocycles. The number of rotatable bonds is 6. The molecule has 3 aromatic rings. The topological polar surface area (TPSA) is 38.8 Å². The molecule has 25 heavy (non-hydrogen) atoms. The van der Waals surface area contributed by atoms with Gasteiger partial charge in [0.05, 0.1) is 20.8 Å². The molecule has 0 unspecified atom stereocenters. The summed E-state index contributed by atoms with van der Waals surface area (Å²) in [5.74, 6) is 1.35. The Kier molecular flexibility index (Phi) is 5.36. The van der Waals surface area contributed by atoms with Crippen molar-refractivity contribution >= 4 is 22.9 Å². The van der Waals surface area contributed by atoms with Crippen LogP contribution in [0.5, 0.6) is 11.5 Å². The van der Waals surface area contributed by atoms with Crippen molar-refractivity contribution in [2.75, 3.05) is 19.1 Å². The zero-order valence-electron chi connectivity index (χ0n) is 14.1. The number of carbonyl (C=O) groups excluding carboxylic acids is 1. The van der Waals surface area contributed by atoms with Crippen LogP contribution in [0, 0.1) is 0 Å². The molecule has 1 aromatic heterocycles. The summed E-state index contributed by atoms with van der Waals surface area (Å²) in [6.07, 6.45) is 0. The van der Waals surface area contributed by atoms with Gasteiger partial charge in [-0.05, 0) is 53.9 Å². The predicted octanol–water partition coefficient (Wildman–Crippen LogP) is 4.61. The molecule has 1 amide bonds. The van der Waals surface area contributed by atoms with Crippen LogP contribution < -0.4 is 14.4 Å². The second-order valence-electron chi connectivity index (χ2n) is 5.40. The number of benzene rings is 2. The van der Waals surface area contributed by atoms with Crippen molar-refractivity contribution in [2.45, 2.75) is 6.54 Å². The van der Waals surface area contributed by atoms with Crippen LogP contribution in [0.2, 0.25) is 0 Å². The molecule has 3 rings (SSSR count). The van der Waals surface area contributed by atoms with Crippen LogP contribution in [0.4, 0.5) is 5.69 Å². The minimum absolute atomic E-state index is 0.0718. The zero-order valence-corrected chi connectivity index (χ0v) is 15.0. The van der Waals surface area contributed by atoms with Crippen LogP contribution in [0.15, 0.2) is 66.0 Å². The molecule has 0 aliphatic rings. The Bertz CT molecular complexity index is 828. The van der Waals surface area contributed by atoms with E-state index in [0.717, 1.165) is 16.3 Å². The Labute approximate surface area is 151 Å². The average Bonchev–Trinajstić information content (AvgIpc) is 3.19. The maximum atomic E-state index is 13.1. The molecule has 0 N–H and O–H groups in total. The van der Waals surface area contributed by atoms with Crippen molar-refractivity contribution in [3.63, 3.8) is 0 Å². The first-order valence-corrected chi connectivity index (χ1v) is 8.71. The van der Waals surface area contributed by atoms with Crippen LogP contribution in [0.25, 0.3) is 0 Å². The van der Waals surface area contributed by atoms with Crippen LogP contribution in [0.1, 0.15) is 15.2 Å². The molecule has 0 aliphatic carbocycles. The van der Waals surface area contributed by atoms with E-state index in [1.54, 1.807) is 42.6 Å². The molecule has 0 radical (unpaired) electrons. The Morgan fingerprint density at radius 2 is 1.72 bits per heavy atom. The standard InChI is InChI=1S/C20H19NO3S/c1-23-17-10-8-16(9-11-17)21(14-19-7-4-12-25-19)20(22)15-5-3-6-18(13-15)24-2/h3-13H,14H2,1-2H3. The van der Waals surface area contributed by atoms with Crippen LogP contribution in [0.3, 0.4) is 0 Å². The SMILES string of the molecule is COc1ccc(N(Cc2cccs2)C(=O)c2cccc(OC)c2)cc1. The number of carbonyl (C=O) groups is 1. The Hall–Kier alpha value is -2.79. The van der Waals surface area contributed by atoms with Crippen molar-refractivity contribution in [3.8, 4) is 11.5 Å². The van der Waals surface area contributed by atoms with E-state index in [-0.39, 0.29) is 5.91 Å². The summed E-state index contributed by atoms with van der Waals surface area (Å²) in [4.78, 5) is 16.0. The monoisotopic (exact) mass is 353 g/mol. The van der Waals surface area contributed by atoms with Gasteiger partial charge in [0.2, 0.25) is 0 Å². The normalized spacial score (nSPS) is 10.3. The van der Waals surface area contributed by atoms with Gasteiger partial charge in [-0.2, -0.15) is 0 Å². The molecule has 0 saturated heterocycles. The summed E-state index contributed by atoms with van der Waals surface area (Å²) >= 11 is 1.63. The molecule has 0 fully saturated rings. The van der Waals surface area contributed by atoms with E-state index in [2.05, 4.69) is 0 Å². The number of hydrogen-bond donors (Lipinski definition) is 0. The van der Waals surface area contributed by atoms with Gasteiger partial charge in [-0.1, -0.05) is 12.1 Å². The number of amides is 1. The molecule has 0 aliphatic heterocycles. The number of hydrogen-bond acceptors (Lipinski definition) is 4. The van der Waals surface area contributed by atoms with E-state index in [0.29, 0.717) is 17.9 Å². The third-order valence-electron chi connectivity index (χ3n) is 3.84. The molecule has 128 valence electrons. The van der Waals surface area contributed by atoms with Crippen LogP contribution in [-0.2, 0) is 6.54 Å². The van der Waals surface area contributed by atoms with Crippen molar-refractivity contribution < 1.29 is 14.3 Å². The lowest BCUT2D eigenvalue weighted by Crippen LogP contribution is -2.30. The predicted molar refractivity (Wildman–Crippen MR) is 101 cm³/mol. The summed E-state index contributed by atoms with van der Waals surface area (Å²) in [5.41, 5.74) is 1.41. The molecular weight excluding hydrogens is 334 g/mol. The first-order chi connectivity index (χ1) is 12.2. The van der Waals surface area contributed by atoms with Gasteiger partial charge in [0.15, 0.2) is 0 Å². The third-order valence-corrected chi connectivity index (χ3v) is 4.70. The molecule has 0 spiro atoms.